The summed E-state index contributed by atoms with van der Waals surface area (Å²) < 4.78 is 0. The average molecular weight is 230 g/mol. The maximum atomic E-state index is 9.11. The van der Waals surface area contributed by atoms with E-state index in [0.29, 0.717) is 10.7 Å². The summed E-state index contributed by atoms with van der Waals surface area (Å²) in [7, 11) is 0. The highest BCUT2D eigenvalue weighted by atomic mass is 35.5. The lowest BCUT2D eigenvalue weighted by Gasteiger charge is -2.01. The fourth-order valence-electron chi connectivity index (χ4n) is 2.15. The highest BCUT2D eigenvalue weighted by molar-refractivity contribution is 6.38. The highest BCUT2D eigenvalue weighted by Gasteiger charge is 2.26. The predicted molar refractivity (Wildman–Crippen MR) is 64.3 cm³/mol. The van der Waals surface area contributed by atoms with Crippen LogP contribution in [0.5, 0.6) is 0 Å². The molecule has 1 aliphatic carbocycles. The van der Waals surface area contributed by atoms with E-state index in [0.717, 1.165) is 22.3 Å². The first kappa shape index (κ1) is 9.43. The zero-order chi connectivity index (χ0) is 11.1. The summed E-state index contributed by atoms with van der Waals surface area (Å²) in [6, 6.07) is 13.5. The lowest BCUT2D eigenvalue weighted by molar-refractivity contribution is 0.320. The molecule has 0 bridgehead atoms. The fraction of sp³-hybridized carbons (Fsp3) is 0. The quantitative estimate of drug-likeness (QED) is 0.464. The highest BCUT2D eigenvalue weighted by Crippen LogP contribution is 2.39. The van der Waals surface area contributed by atoms with Crippen molar-refractivity contribution < 1.29 is 5.21 Å². The Kier molecular flexibility index (Phi) is 1.98. The summed E-state index contributed by atoms with van der Waals surface area (Å²) in [5.41, 5.74) is 4.38. The van der Waals surface area contributed by atoms with E-state index in [1.165, 1.54) is 0 Å². The van der Waals surface area contributed by atoms with Gasteiger partial charge >= 0.3 is 0 Å². The third kappa shape index (κ3) is 1.11. The summed E-state index contributed by atoms with van der Waals surface area (Å²) in [6.07, 6.45) is 0. The van der Waals surface area contributed by atoms with Gasteiger partial charge in [0.05, 0.1) is 5.02 Å². The molecule has 0 amide bonds. The molecule has 2 nitrogen and oxygen atoms in total. The Morgan fingerprint density at radius 2 is 1.56 bits per heavy atom. The maximum absolute atomic E-state index is 9.11. The van der Waals surface area contributed by atoms with Gasteiger partial charge in [-0.1, -0.05) is 53.2 Å². The van der Waals surface area contributed by atoms with E-state index in [1.54, 1.807) is 6.07 Å². The number of rotatable bonds is 0. The molecule has 16 heavy (non-hydrogen) atoms. The Balaban J connectivity index is 2.44. The Morgan fingerprint density at radius 3 is 2.31 bits per heavy atom. The number of nitrogens with zero attached hydrogens (tertiary/aromatic N) is 1. The van der Waals surface area contributed by atoms with Crippen molar-refractivity contribution in [1.29, 1.82) is 0 Å². The summed E-state index contributed by atoms with van der Waals surface area (Å²) in [5, 5.41) is 13.1. The first-order valence-corrected chi connectivity index (χ1v) is 5.31. The van der Waals surface area contributed by atoms with E-state index in [-0.39, 0.29) is 0 Å². The molecule has 1 aliphatic rings. The van der Waals surface area contributed by atoms with Crippen LogP contribution in [-0.2, 0) is 0 Å². The van der Waals surface area contributed by atoms with E-state index in [2.05, 4.69) is 5.16 Å². The molecule has 0 aromatic heterocycles. The number of halogens is 1. The van der Waals surface area contributed by atoms with Crippen LogP contribution in [-0.4, -0.2) is 10.9 Å². The molecular weight excluding hydrogens is 222 g/mol. The fourth-order valence-corrected chi connectivity index (χ4v) is 2.42. The molecule has 0 aliphatic heterocycles. The van der Waals surface area contributed by atoms with Crippen LogP contribution in [0.15, 0.2) is 47.6 Å². The lowest BCUT2D eigenvalue weighted by Crippen LogP contribution is -1.98. The largest absolute Gasteiger partial charge is 0.410 e. The molecule has 0 spiro atoms. The molecule has 0 radical (unpaired) electrons. The van der Waals surface area contributed by atoms with Gasteiger partial charge in [-0.25, -0.2) is 0 Å². The molecule has 3 rings (SSSR count). The summed E-state index contributed by atoms with van der Waals surface area (Å²) in [5.74, 6) is 0. The SMILES string of the molecule is ON=C1c2ccccc2-c2cccc(Cl)c21. The molecule has 1 N–H and O–H groups in total. The number of benzene rings is 2. The van der Waals surface area contributed by atoms with Crippen molar-refractivity contribution in [2.24, 2.45) is 5.16 Å². The molecule has 0 fully saturated rings. The van der Waals surface area contributed by atoms with Crippen molar-refractivity contribution >= 4 is 17.3 Å². The van der Waals surface area contributed by atoms with Crippen LogP contribution in [0, 0.1) is 0 Å². The van der Waals surface area contributed by atoms with Crippen molar-refractivity contribution in [2.75, 3.05) is 0 Å². The third-order valence-electron chi connectivity index (χ3n) is 2.82. The van der Waals surface area contributed by atoms with Gasteiger partial charge in [-0.3, -0.25) is 0 Å². The third-order valence-corrected chi connectivity index (χ3v) is 3.14. The second-order valence-corrected chi connectivity index (χ2v) is 4.06. The van der Waals surface area contributed by atoms with Gasteiger partial charge in [0.25, 0.3) is 0 Å². The average Bonchev–Trinajstić information content (AvgIpc) is 2.65. The van der Waals surface area contributed by atoms with Crippen molar-refractivity contribution in [1.82, 2.24) is 0 Å². The Labute approximate surface area is 97.8 Å². The van der Waals surface area contributed by atoms with Crippen molar-refractivity contribution in [3.8, 4) is 11.1 Å². The van der Waals surface area contributed by atoms with Crippen molar-refractivity contribution in [3.05, 3.63) is 58.6 Å². The smallest absolute Gasteiger partial charge is 0.119 e. The van der Waals surface area contributed by atoms with Gasteiger partial charge in [-0.05, 0) is 17.2 Å². The first-order valence-electron chi connectivity index (χ1n) is 4.93. The minimum Gasteiger partial charge on any atom is -0.410 e. The first-order chi connectivity index (χ1) is 7.83. The van der Waals surface area contributed by atoms with Crippen LogP contribution >= 0.6 is 11.6 Å². The van der Waals surface area contributed by atoms with Gasteiger partial charge in [0.1, 0.15) is 5.71 Å². The zero-order valence-corrected chi connectivity index (χ0v) is 9.07. The number of fused-ring (bicyclic) bond motifs is 3. The van der Waals surface area contributed by atoms with Crippen LogP contribution in [0.4, 0.5) is 0 Å². The van der Waals surface area contributed by atoms with Gasteiger partial charge in [0.15, 0.2) is 0 Å². The lowest BCUT2D eigenvalue weighted by atomic mass is 10.1. The van der Waals surface area contributed by atoms with Gasteiger partial charge in [-0.2, -0.15) is 0 Å². The molecule has 78 valence electrons. The molecular formula is C13H8ClNO. The Bertz CT molecular complexity index is 605. The van der Waals surface area contributed by atoms with E-state index >= 15 is 0 Å². The standard InChI is InChI=1S/C13H8ClNO/c14-11-7-3-6-9-8-4-1-2-5-10(8)13(15-16)12(9)11/h1-7,16H. The molecule has 2 aromatic carbocycles. The summed E-state index contributed by atoms with van der Waals surface area (Å²) in [4.78, 5) is 0. The second-order valence-electron chi connectivity index (χ2n) is 3.66. The van der Waals surface area contributed by atoms with Crippen LogP contribution < -0.4 is 0 Å². The van der Waals surface area contributed by atoms with Gasteiger partial charge < -0.3 is 5.21 Å². The molecule has 0 unspecified atom stereocenters. The van der Waals surface area contributed by atoms with Crippen LogP contribution in [0.25, 0.3) is 11.1 Å². The minimum absolute atomic E-state index is 0.552. The van der Waals surface area contributed by atoms with Crippen molar-refractivity contribution in [3.63, 3.8) is 0 Å². The molecule has 2 aromatic rings. The molecule has 0 saturated heterocycles. The van der Waals surface area contributed by atoms with E-state index < -0.39 is 0 Å². The Morgan fingerprint density at radius 1 is 0.875 bits per heavy atom. The molecule has 0 heterocycles. The summed E-state index contributed by atoms with van der Waals surface area (Å²) >= 11 is 6.14. The van der Waals surface area contributed by atoms with Crippen LogP contribution in [0.3, 0.4) is 0 Å². The Hall–Kier alpha value is -1.80. The summed E-state index contributed by atoms with van der Waals surface area (Å²) in [6.45, 7) is 0. The van der Waals surface area contributed by atoms with E-state index in [1.807, 2.05) is 36.4 Å². The second kappa shape index (κ2) is 3.35. The van der Waals surface area contributed by atoms with E-state index in [9.17, 15) is 0 Å². The molecule has 3 heteroatoms. The van der Waals surface area contributed by atoms with Gasteiger partial charge in [0.2, 0.25) is 0 Å². The van der Waals surface area contributed by atoms with Crippen LogP contribution in [0.2, 0.25) is 5.02 Å². The predicted octanol–water partition coefficient (Wildman–Crippen LogP) is 3.55. The van der Waals surface area contributed by atoms with Gasteiger partial charge in [-0.15, -0.1) is 0 Å². The maximum Gasteiger partial charge on any atom is 0.119 e. The monoisotopic (exact) mass is 229 g/mol. The van der Waals surface area contributed by atoms with Gasteiger partial charge in [0, 0.05) is 11.1 Å². The van der Waals surface area contributed by atoms with Crippen molar-refractivity contribution in [2.45, 2.75) is 0 Å². The number of hydrogen-bond acceptors (Lipinski definition) is 2. The normalized spacial score (nSPS) is 14.9. The molecule has 0 saturated carbocycles. The minimum atomic E-state index is 0.552. The topological polar surface area (TPSA) is 32.6 Å². The number of oxime groups is 1. The van der Waals surface area contributed by atoms with E-state index in [4.69, 9.17) is 16.8 Å². The number of hydrogen-bond donors (Lipinski definition) is 1. The molecule has 0 atom stereocenters. The van der Waals surface area contributed by atoms with Crippen LogP contribution in [0.1, 0.15) is 11.1 Å². The zero-order valence-electron chi connectivity index (χ0n) is 8.31.